The average Bonchev–Trinajstić information content (AvgIpc) is 3.00. The standard InChI is InChI=1S/C19H27N3O4S/c1-7-8-9-26-18(24)15-12(3)21-11(2)14(17(23)25-5)16(15)13-10-20-19(27-6)22(13)4/h10,16,21H,7-9H2,1-6H3. The lowest BCUT2D eigenvalue weighted by Gasteiger charge is -2.30. The molecule has 1 aromatic heterocycles. The third-order valence-electron chi connectivity index (χ3n) is 4.58. The summed E-state index contributed by atoms with van der Waals surface area (Å²) in [7, 11) is 3.20. The van der Waals surface area contributed by atoms with Crippen LogP contribution in [0.4, 0.5) is 0 Å². The van der Waals surface area contributed by atoms with Gasteiger partial charge in [0, 0.05) is 18.4 Å². The van der Waals surface area contributed by atoms with Gasteiger partial charge in [-0.2, -0.15) is 0 Å². The van der Waals surface area contributed by atoms with E-state index >= 15 is 0 Å². The zero-order valence-electron chi connectivity index (χ0n) is 16.7. The molecule has 7 nitrogen and oxygen atoms in total. The summed E-state index contributed by atoms with van der Waals surface area (Å²) in [6, 6.07) is 0. The van der Waals surface area contributed by atoms with Crippen LogP contribution in [0.2, 0.25) is 0 Å². The van der Waals surface area contributed by atoms with Crippen LogP contribution < -0.4 is 5.32 Å². The van der Waals surface area contributed by atoms with E-state index < -0.39 is 17.9 Å². The molecule has 0 bridgehead atoms. The van der Waals surface area contributed by atoms with Crippen LogP contribution in [0.3, 0.4) is 0 Å². The summed E-state index contributed by atoms with van der Waals surface area (Å²) in [4.78, 5) is 29.8. The quantitative estimate of drug-likeness (QED) is 0.433. The lowest BCUT2D eigenvalue weighted by Crippen LogP contribution is -2.33. The molecule has 27 heavy (non-hydrogen) atoms. The molecule has 1 aromatic rings. The number of methoxy groups -OCH3 is 1. The average molecular weight is 394 g/mol. The number of hydrogen-bond donors (Lipinski definition) is 1. The molecule has 0 amide bonds. The summed E-state index contributed by atoms with van der Waals surface area (Å²) in [5.74, 6) is -1.52. The SMILES string of the molecule is CCCCOC(=O)C1=C(C)NC(C)=C(C(=O)OC)C1c1cnc(SC)n1C. The number of hydrogen-bond acceptors (Lipinski definition) is 7. The molecule has 1 unspecified atom stereocenters. The number of dihydropyridines is 1. The first-order chi connectivity index (χ1) is 12.9. The van der Waals surface area contributed by atoms with Crippen molar-refractivity contribution >= 4 is 23.7 Å². The van der Waals surface area contributed by atoms with E-state index in [1.807, 2.05) is 31.7 Å². The van der Waals surface area contributed by atoms with E-state index in [1.165, 1.54) is 18.9 Å². The number of carbonyl (C=O) groups is 2. The molecule has 1 aliphatic heterocycles. The first-order valence-electron chi connectivity index (χ1n) is 8.86. The van der Waals surface area contributed by atoms with E-state index in [0.29, 0.717) is 29.1 Å². The number of allylic oxidation sites excluding steroid dienone is 2. The molecule has 1 atom stereocenters. The monoisotopic (exact) mass is 393 g/mol. The Labute approximate surface area is 164 Å². The molecule has 0 aliphatic carbocycles. The molecule has 0 saturated heterocycles. The highest BCUT2D eigenvalue weighted by molar-refractivity contribution is 7.98. The Kier molecular flexibility index (Phi) is 7.12. The van der Waals surface area contributed by atoms with Crippen LogP contribution in [-0.4, -0.2) is 41.5 Å². The van der Waals surface area contributed by atoms with E-state index in [1.54, 1.807) is 13.1 Å². The van der Waals surface area contributed by atoms with Gasteiger partial charge < -0.3 is 19.4 Å². The van der Waals surface area contributed by atoms with Crippen LogP contribution in [-0.2, 0) is 26.1 Å². The fourth-order valence-corrected chi connectivity index (χ4v) is 3.73. The third-order valence-corrected chi connectivity index (χ3v) is 5.32. The predicted octanol–water partition coefficient (Wildman–Crippen LogP) is 2.89. The zero-order valence-corrected chi connectivity index (χ0v) is 17.5. The summed E-state index contributed by atoms with van der Waals surface area (Å²) in [6.07, 6.45) is 5.35. The van der Waals surface area contributed by atoms with Crippen LogP contribution in [0.5, 0.6) is 0 Å². The van der Waals surface area contributed by atoms with Gasteiger partial charge in [0.05, 0.1) is 42.7 Å². The Balaban J connectivity index is 2.58. The van der Waals surface area contributed by atoms with Gasteiger partial charge in [-0.3, -0.25) is 0 Å². The molecule has 2 rings (SSSR count). The van der Waals surface area contributed by atoms with Gasteiger partial charge in [-0.15, -0.1) is 0 Å². The number of carbonyl (C=O) groups excluding carboxylic acids is 2. The zero-order chi connectivity index (χ0) is 20.1. The number of aromatic nitrogens is 2. The largest absolute Gasteiger partial charge is 0.466 e. The Bertz CT molecular complexity index is 795. The van der Waals surface area contributed by atoms with Crippen molar-refractivity contribution in [1.82, 2.24) is 14.9 Å². The molecule has 0 saturated carbocycles. The number of thioether (sulfide) groups is 1. The van der Waals surface area contributed by atoms with Crippen LogP contribution >= 0.6 is 11.8 Å². The number of esters is 2. The third kappa shape index (κ3) is 4.21. The van der Waals surface area contributed by atoms with Crippen molar-refractivity contribution in [3.8, 4) is 0 Å². The minimum Gasteiger partial charge on any atom is -0.466 e. The van der Waals surface area contributed by atoms with Gasteiger partial charge in [0.25, 0.3) is 0 Å². The van der Waals surface area contributed by atoms with Crippen molar-refractivity contribution in [2.75, 3.05) is 20.0 Å². The molecule has 1 N–H and O–H groups in total. The lowest BCUT2D eigenvalue weighted by molar-refractivity contribution is -0.139. The Hall–Kier alpha value is -2.22. The van der Waals surface area contributed by atoms with E-state index in [4.69, 9.17) is 9.47 Å². The van der Waals surface area contributed by atoms with E-state index in [-0.39, 0.29) is 0 Å². The van der Waals surface area contributed by atoms with Crippen molar-refractivity contribution in [2.24, 2.45) is 7.05 Å². The second kappa shape index (κ2) is 9.12. The fourth-order valence-electron chi connectivity index (χ4n) is 3.19. The molecule has 2 heterocycles. The van der Waals surface area contributed by atoms with Gasteiger partial charge >= 0.3 is 11.9 Å². The lowest BCUT2D eigenvalue weighted by atomic mass is 9.83. The minimum absolute atomic E-state index is 0.344. The minimum atomic E-state index is -0.605. The molecule has 0 fully saturated rings. The maximum Gasteiger partial charge on any atom is 0.336 e. The Morgan fingerprint density at radius 3 is 2.41 bits per heavy atom. The number of rotatable bonds is 7. The highest BCUT2D eigenvalue weighted by atomic mass is 32.2. The first-order valence-corrected chi connectivity index (χ1v) is 10.1. The van der Waals surface area contributed by atoms with Crippen LogP contribution in [0, 0.1) is 0 Å². The molecule has 8 heteroatoms. The normalized spacial score (nSPS) is 17.0. The second-order valence-corrected chi connectivity index (χ2v) is 7.12. The van der Waals surface area contributed by atoms with Crippen molar-refractivity contribution in [2.45, 2.75) is 44.7 Å². The maximum absolute atomic E-state index is 12.9. The van der Waals surface area contributed by atoms with Crippen LogP contribution in [0.25, 0.3) is 0 Å². The van der Waals surface area contributed by atoms with Crippen LogP contribution in [0.15, 0.2) is 33.9 Å². The highest BCUT2D eigenvalue weighted by Crippen LogP contribution is 2.39. The molecule has 148 valence electrons. The molecular formula is C19H27N3O4S. The smallest absolute Gasteiger partial charge is 0.336 e. The van der Waals surface area contributed by atoms with E-state index in [2.05, 4.69) is 10.3 Å². The summed E-state index contributed by atoms with van der Waals surface area (Å²) in [5, 5.41) is 3.92. The number of ether oxygens (including phenoxy) is 2. The Morgan fingerprint density at radius 2 is 1.89 bits per heavy atom. The molecule has 0 radical (unpaired) electrons. The fraction of sp³-hybridized carbons (Fsp3) is 0.526. The predicted molar refractivity (Wildman–Crippen MR) is 104 cm³/mol. The second-order valence-electron chi connectivity index (χ2n) is 6.35. The van der Waals surface area contributed by atoms with Gasteiger partial charge in [-0.05, 0) is 26.5 Å². The number of nitrogens with zero attached hydrogens (tertiary/aromatic N) is 2. The Morgan fingerprint density at radius 1 is 1.26 bits per heavy atom. The number of nitrogens with one attached hydrogen (secondary N) is 1. The number of unbranched alkanes of at least 4 members (excludes halogenated alkanes) is 1. The van der Waals surface area contributed by atoms with Gasteiger partial charge in [-0.1, -0.05) is 25.1 Å². The van der Waals surface area contributed by atoms with Crippen LogP contribution in [0.1, 0.15) is 45.2 Å². The van der Waals surface area contributed by atoms with Gasteiger partial charge in [0.15, 0.2) is 5.16 Å². The molecule has 1 aliphatic rings. The van der Waals surface area contributed by atoms with E-state index in [0.717, 1.165) is 23.7 Å². The first kappa shape index (κ1) is 21.1. The summed E-state index contributed by atoms with van der Waals surface area (Å²) >= 11 is 1.50. The maximum atomic E-state index is 12.9. The van der Waals surface area contributed by atoms with Crippen molar-refractivity contribution in [3.05, 3.63) is 34.4 Å². The topological polar surface area (TPSA) is 82.4 Å². The van der Waals surface area contributed by atoms with Crippen molar-refractivity contribution < 1.29 is 19.1 Å². The van der Waals surface area contributed by atoms with Gasteiger partial charge in [0.2, 0.25) is 0 Å². The summed E-state index contributed by atoms with van der Waals surface area (Å²) in [6.45, 7) is 5.99. The molecule has 0 spiro atoms. The van der Waals surface area contributed by atoms with Crippen molar-refractivity contribution in [1.29, 1.82) is 0 Å². The summed E-state index contributed by atoms with van der Waals surface area (Å²) < 4.78 is 12.4. The van der Waals surface area contributed by atoms with Gasteiger partial charge in [0.1, 0.15) is 0 Å². The summed E-state index contributed by atoms with van der Waals surface area (Å²) in [5.41, 5.74) is 2.86. The molecular weight excluding hydrogens is 366 g/mol. The van der Waals surface area contributed by atoms with Gasteiger partial charge in [-0.25, -0.2) is 14.6 Å². The van der Waals surface area contributed by atoms with Crippen molar-refractivity contribution in [3.63, 3.8) is 0 Å². The highest BCUT2D eigenvalue weighted by Gasteiger charge is 2.39. The molecule has 0 aromatic carbocycles. The number of imidazole rings is 1. The van der Waals surface area contributed by atoms with E-state index in [9.17, 15) is 9.59 Å².